The topological polar surface area (TPSA) is 49.3 Å². The number of nitrogens with one attached hydrogen (secondary N) is 1. The van der Waals surface area contributed by atoms with E-state index in [1.165, 1.54) is 0 Å². The average Bonchev–Trinajstić information content (AvgIpc) is 2.41. The third kappa shape index (κ3) is 3.63. The van der Waals surface area contributed by atoms with Gasteiger partial charge in [0.05, 0.1) is 5.56 Å². The molecular weight excluding hydrogens is 262 g/mol. The fraction of sp³-hybridized carbons (Fsp3) is 0.533. The number of aromatic hydroxyl groups is 1. The van der Waals surface area contributed by atoms with E-state index in [1.54, 1.807) is 25.1 Å². The number of alkyl halides is 1. The summed E-state index contributed by atoms with van der Waals surface area (Å²) >= 11 is 6.06. The highest BCUT2D eigenvalue weighted by Gasteiger charge is 2.20. The largest absolute Gasteiger partial charge is 0.507 e. The van der Waals surface area contributed by atoms with Crippen molar-refractivity contribution in [3.8, 4) is 5.75 Å². The SMILES string of the molecule is Cc1cccc(C(=O)NCC2CCC(Cl)CC2)c1O. The van der Waals surface area contributed by atoms with Crippen molar-refractivity contribution in [3.05, 3.63) is 29.3 Å². The summed E-state index contributed by atoms with van der Waals surface area (Å²) in [5.74, 6) is 0.379. The van der Waals surface area contributed by atoms with E-state index in [4.69, 9.17) is 11.6 Å². The summed E-state index contributed by atoms with van der Waals surface area (Å²) in [6.07, 6.45) is 4.18. The maximum atomic E-state index is 12.0. The van der Waals surface area contributed by atoms with Gasteiger partial charge in [-0.15, -0.1) is 11.6 Å². The zero-order valence-electron chi connectivity index (χ0n) is 11.2. The van der Waals surface area contributed by atoms with Gasteiger partial charge in [-0.2, -0.15) is 0 Å². The number of rotatable bonds is 3. The van der Waals surface area contributed by atoms with E-state index in [9.17, 15) is 9.90 Å². The third-order valence-electron chi connectivity index (χ3n) is 3.81. The van der Waals surface area contributed by atoms with Crippen LogP contribution in [-0.2, 0) is 0 Å². The highest BCUT2D eigenvalue weighted by atomic mass is 35.5. The van der Waals surface area contributed by atoms with Gasteiger partial charge in [0, 0.05) is 11.9 Å². The lowest BCUT2D eigenvalue weighted by molar-refractivity contribution is 0.0941. The van der Waals surface area contributed by atoms with Crippen LogP contribution in [0.2, 0.25) is 0 Å². The summed E-state index contributed by atoms with van der Waals surface area (Å²) in [6.45, 7) is 2.45. The van der Waals surface area contributed by atoms with Crippen molar-refractivity contribution < 1.29 is 9.90 Å². The number of carbonyl (C=O) groups excluding carboxylic acids is 1. The van der Waals surface area contributed by atoms with Crippen molar-refractivity contribution >= 4 is 17.5 Å². The fourth-order valence-electron chi connectivity index (χ4n) is 2.50. The van der Waals surface area contributed by atoms with Crippen molar-refractivity contribution in [2.24, 2.45) is 5.92 Å². The second-order valence-electron chi connectivity index (χ2n) is 5.30. The third-order valence-corrected chi connectivity index (χ3v) is 4.25. The van der Waals surface area contributed by atoms with Crippen molar-refractivity contribution in [1.82, 2.24) is 5.32 Å². The number of phenols is 1. The first-order chi connectivity index (χ1) is 9.08. The first kappa shape index (κ1) is 14.2. The van der Waals surface area contributed by atoms with E-state index in [0.717, 1.165) is 31.2 Å². The molecule has 0 bridgehead atoms. The molecule has 0 atom stereocenters. The van der Waals surface area contributed by atoms with E-state index in [-0.39, 0.29) is 11.7 Å². The summed E-state index contributed by atoms with van der Waals surface area (Å²) in [7, 11) is 0. The number of hydrogen-bond donors (Lipinski definition) is 2. The van der Waals surface area contributed by atoms with Crippen molar-refractivity contribution in [3.63, 3.8) is 0 Å². The van der Waals surface area contributed by atoms with Gasteiger partial charge in [0.15, 0.2) is 0 Å². The number of phenolic OH excluding ortho intramolecular Hbond substituents is 1. The Bertz CT molecular complexity index is 453. The van der Waals surface area contributed by atoms with E-state index < -0.39 is 0 Å². The number of hydrogen-bond acceptors (Lipinski definition) is 2. The van der Waals surface area contributed by atoms with Crippen LogP contribution in [0, 0.1) is 12.8 Å². The smallest absolute Gasteiger partial charge is 0.255 e. The lowest BCUT2D eigenvalue weighted by Gasteiger charge is -2.25. The van der Waals surface area contributed by atoms with Crippen molar-refractivity contribution in [2.45, 2.75) is 38.0 Å². The average molecular weight is 282 g/mol. The molecule has 0 heterocycles. The molecule has 2 N–H and O–H groups in total. The molecule has 0 aromatic heterocycles. The van der Waals surface area contributed by atoms with Gasteiger partial charge in [-0.05, 0) is 50.2 Å². The Morgan fingerprint density at radius 3 is 2.74 bits per heavy atom. The van der Waals surface area contributed by atoms with E-state index >= 15 is 0 Å². The summed E-state index contributed by atoms with van der Waals surface area (Å²) < 4.78 is 0. The van der Waals surface area contributed by atoms with E-state index in [0.29, 0.717) is 23.4 Å². The zero-order valence-corrected chi connectivity index (χ0v) is 11.9. The molecule has 1 aromatic carbocycles. The molecule has 0 aliphatic heterocycles. The molecule has 0 unspecified atom stereocenters. The molecule has 1 saturated carbocycles. The number of para-hydroxylation sites is 1. The molecule has 1 aliphatic carbocycles. The van der Waals surface area contributed by atoms with Crippen LogP contribution in [-0.4, -0.2) is 22.9 Å². The van der Waals surface area contributed by atoms with Gasteiger partial charge >= 0.3 is 0 Å². The normalized spacial score (nSPS) is 23.1. The zero-order chi connectivity index (χ0) is 13.8. The molecule has 1 fully saturated rings. The Balaban J connectivity index is 1.89. The van der Waals surface area contributed by atoms with Crippen LogP contribution in [0.15, 0.2) is 18.2 Å². The molecule has 104 valence electrons. The fourth-order valence-corrected chi connectivity index (χ4v) is 2.75. The summed E-state index contributed by atoms with van der Waals surface area (Å²) in [5.41, 5.74) is 1.07. The minimum atomic E-state index is -0.200. The number of carbonyl (C=O) groups is 1. The van der Waals surface area contributed by atoms with Gasteiger partial charge in [0.25, 0.3) is 5.91 Å². The molecular formula is C15H20ClNO2. The minimum absolute atomic E-state index is 0.0736. The molecule has 2 rings (SSSR count). The van der Waals surface area contributed by atoms with Crippen LogP contribution in [0.4, 0.5) is 0 Å². The molecule has 1 amide bonds. The van der Waals surface area contributed by atoms with Crippen LogP contribution >= 0.6 is 11.6 Å². The van der Waals surface area contributed by atoms with Gasteiger partial charge < -0.3 is 10.4 Å². The molecule has 1 aromatic rings. The molecule has 19 heavy (non-hydrogen) atoms. The Labute approximate surface area is 119 Å². The number of halogens is 1. The Hall–Kier alpha value is -1.22. The molecule has 0 saturated heterocycles. The number of benzene rings is 1. The van der Waals surface area contributed by atoms with Crippen LogP contribution in [0.3, 0.4) is 0 Å². The van der Waals surface area contributed by atoms with Crippen LogP contribution in [0.25, 0.3) is 0 Å². The Morgan fingerprint density at radius 2 is 2.05 bits per heavy atom. The minimum Gasteiger partial charge on any atom is -0.507 e. The maximum Gasteiger partial charge on any atom is 0.255 e. The molecule has 1 aliphatic rings. The molecule has 0 radical (unpaired) electrons. The second kappa shape index (κ2) is 6.29. The van der Waals surface area contributed by atoms with Crippen LogP contribution in [0.5, 0.6) is 5.75 Å². The quantitative estimate of drug-likeness (QED) is 0.836. The predicted molar refractivity (Wildman–Crippen MR) is 76.8 cm³/mol. The number of amides is 1. The monoisotopic (exact) mass is 281 g/mol. The summed E-state index contributed by atoms with van der Waals surface area (Å²) in [4.78, 5) is 12.0. The van der Waals surface area contributed by atoms with Gasteiger partial charge in [-0.3, -0.25) is 4.79 Å². The molecule has 4 heteroatoms. The van der Waals surface area contributed by atoms with Crippen LogP contribution < -0.4 is 5.32 Å². The highest BCUT2D eigenvalue weighted by Crippen LogP contribution is 2.27. The molecule has 3 nitrogen and oxygen atoms in total. The summed E-state index contributed by atoms with van der Waals surface area (Å²) in [6, 6.07) is 5.21. The lowest BCUT2D eigenvalue weighted by Crippen LogP contribution is -2.31. The van der Waals surface area contributed by atoms with E-state index in [2.05, 4.69) is 5.32 Å². The first-order valence-electron chi connectivity index (χ1n) is 6.78. The maximum absolute atomic E-state index is 12.0. The van der Waals surface area contributed by atoms with Crippen molar-refractivity contribution in [2.75, 3.05) is 6.54 Å². The Kier molecular flexibility index (Phi) is 4.70. The van der Waals surface area contributed by atoms with Gasteiger partial charge in [0.1, 0.15) is 5.75 Å². The predicted octanol–water partition coefficient (Wildman–Crippen LogP) is 3.23. The van der Waals surface area contributed by atoms with Crippen LogP contribution in [0.1, 0.15) is 41.6 Å². The highest BCUT2D eigenvalue weighted by molar-refractivity contribution is 6.20. The Morgan fingerprint density at radius 1 is 1.37 bits per heavy atom. The van der Waals surface area contributed by atoms with Gasteiger partial charge in [0.2, 0.25) is 0 Å². The second-order valence-corrected chi connectivity index (χ2v) is 5.92. The lowest BCUT2D eigenvalue weighted by atomic mass is 9.89. The van der Waals surface area contributed by atoms with E-state index in [1.807, 2.05) is 0 Å². The van der Waals surface area contributed by atoms with Gasteiger partial charge in [-0.25, -0.2) is 0 Å². The first-order valence-corrected chi connectivity index (χ1v) is 7.22. The molecule has 0 spiro atoms. The number of aryl methyl sites for hydroxylation is 1. The van der Waals surface area contributed by atoms with Gasteiger partial charge in [-0.1, -0.05) is 12.1 Å². The standard InChI is InChI=1S/C15H20ClNO2/c1-10-3-2-4-13(14(10)18)15(19)17-9-11-5-7-12(16)8-6-11/h2-4,11-12,18H,5-9H2,1H3,(H,17,19). The summed E-state index contributed by atoms with van der Waals surface area (Å²) in [5, 5.41) is 13.1. The van der Waals surface area contributed by atoms with Crippen molar-refractivity contribution in [1.29, 1.82) is 0 Å².